The highest BCUT2D eigenvalue weighted by Crippen LogP contribution is 2.27. The van der Waals surface area contributed by atoms with Crippen molar-refractivity contribution in [1.82, 2.24) is 14.1 Å². The van der Waals surface area contributed by atoms with Crippen molar-refractivity contribution in [3.8, 4) is 22.9 Å². The highest BCUT2D eigenvalue weighted by molar-refractivity contribution is 5.68. The van der Waals surface area contributed by atoms with Crippen molar-refractivity contribution in [3.63, 3.8) is 0 Å². The maximum atomic E-state index is 13.3. The summed E-state index contributed by atoms with van der Waals surface area (Å²) in [6, 6.07) is 19.7. The van der Waals surface area contributed by atoms with E-state index in [1.54, 1.807) is 30.3 Å². The molecule has 0 fully saturated rings. The topological polar surface area (TPSA) is 86.1 Å². The average Bonchev–Trinajstić information content (AvgIpc) is 3.26. The molecular weight excluding hydrogens is 406 g/mol. The molecule has 0 saturated heterocycles. The first kappa shape index (κ1) is 19.6. The molecule has 158 valence electrons. The van der Waals surface area contributed by atoms with E-state index in [4.69, 9.17) is 4.74 Å². The summed E-state index contributed by atoms with van der Waals surface area (Å²) in [6.45, 7) is 1.83. The number of hydrogen-bond donors (Lipinski definition) is 1. The smallest absolute Gasteiger partial charge is 0.345 e. The molecule has 32 heavy (non-hydrogen) atoms. The van der Waals surface area contributed by atoms with Gasteiger partial charge in [0.05, 0.1) is 11.4 Å². The second-order valence-electron chi connectivity index (χ2n) is 7.51. The molecular formula is C25H19N3O4. The number of fused-ring (bicyclic) bond motifs is 1. The average molecular weight is 425 g/mol. The zero-order valence-electron chi connectivity index (χ0n) is 17.2. The lowest BCUT2D eigenvalue weighted by Gasteiger charge is -2.13. The van der Waals surface area contributed by atoms with Gasteiger partial charge in [-0.3, -0.25) is 4.98 Å². The van der Waals surface area contributed by atoms with Crippen molar-refractivity contribution in [2.24, 2.45) is 0 Å². The monoisotopic (exact) mass is 425 g/mol. The predicted molar refractivity (Wildman–Crippen MR) is 122 cm³/mol. The molecule has 0 bridgehead atoms. The number of hydrogen-bond acceptors (Lipinski definition) is 4. The summed E-state index contributed by atoms with van der Waals surface area (Å²) in [7, 11) is 0. The molecule has 1 aliphatic rings. The van der Waals surface area contributed by atoms with E-state index in [-0.39, 0.29) is 0 Å². The van der Waals surface area contributed by atoms with Crippen LogP contribution >= 0.6 is 0 Å². The van der Waals surface area contributed by atoms with Gasteiger partial charge in [0.1, 0.15) is 11.5 Å². The fourth-order valence-corrected chi connectivity index (χ4v) is 3.89. The molecule has 0 amide bonds. The van der Waals surface area contributed by atoms with Crippen LogP contribution in [0.25, 0.3) is 17.5 Å². The van der Waals surface area contributed by atoms with Gasteiger partial charge in [-0.15, -0.1) is 0 Å². The summed E-state index contributed by atoms with van der Waals surface area (Å²) in [6.07, 6.45) is 4.58. The Kier molecular flexibility index (Phi) is 4.71. The lowest BCUT2D eigenvalue weighted by molar-refractivity contribution is 0.478. The SMILES string of the molecule is Cc1cc(-n2c(=O)[nH]c(=O)n(-c3cccc4c3C=CC4)c2=O)ccc1Oc1ccccc1. The van der Waals surface area contributed by atoms with Crippen molar-refractivity contribution in [2.75, 3.05) is 0 Å². The second-order valence-corrected chi connectivity index (χ2v) is 7.51. The van der Waals surface area contributed by atoms with Gasteiger partial charge in [0.15, 0.2) is 0 Å². The van der Waals surface area contributed by atoms with E-state index in [1.165, 1.54) is 0 Å². The first-order valence-corrected chi connectivity index (χ1v) is 10.1. The lowest BCUT2D eigenvalue weighted by atomic mass is 10.1. The van der Waals surface area contributed by atoms with Crippen LogP contribution in [0.5, 0.6) is 11.5 Å². The van der Waals surface area contributed by atoms with Crippen LogP contribution in [0.3, 0.4) is 0 Å². The number of aryl methyl sites for hydroxylation is 1. The molecule has 0 saturated carbocycles. The van der Waals surface area contributed by atoms with E-state index < -0.39 is 17.1 Å². The number of ether oxygens (including phenoxy) is 1. The molecule has 7 heteroatoms. The minimum atomic E-state index is -0.796. The number of H-pyrrole nitrogens is 1. The van der Waals surface area contributed by atoms with Crippen molar-refractivity contribution < 1.29 is 4.74 Å². The Morgan fingerprint density at radius 3 is 2.44 bits per heavy atom. The molecule has 0 aliphatic heterocycles. The zero-order valence-corrected chi connectivity index (χ0v) is 17.2. The Hall–Kier alpha value is -4.39. The molecule has 1 N–H and O–H groups in total. The quantitative estimate of drug-likeness (QED) is 0.543. The third-order valence-corrected chi connectivity index (χ3v) is 5.43. The van der Waals surface area contributed by atoms with Crippen LogP contribution in [0.1, 0.15) is 16.7 Å². The first-order chi connectivity index (χ1) is 15.5. The molecule has 1 heterocycles. The zero-order chi connectivity index (χ0) is 22.2. The maximum absolute atomic E-state index is 13.3. The molecule has 7 nitrogen and oxygen atoms in total. The Morgan fingerprint density at radius 1 is 0.875 bits per heavy atom. The second kappa shape index (κ2) is 7.70. The normalized spacial score (nSPS) is 12.0. The number of nitrogens with one attached hydrogen (secondary N) is 1. The Balaban J connectivity index is 1.63. The minimum absolute atomic E-state index is 0.339. The summed E-state index contributed by atoms with van der Waals surface area (Å²) >= 11 is 0. The molecule has 5 rings (SSSR count). The van der Waals surface area contributed by atoms with Gasteiger partial charge in [0.25, 0.3) is 0 Å². The van der Waals surface area contributed by atoms with Gasteiger partial charge in [0, 0.05) is 5.56 Å². The van der Waals surface area contributed by atoms with Gasteiger partial charge in [-0.1, -0.05) is 42.5 Å². The lowest BCUT2D eigenvalue weighted by Crippen LogP contribution is -2.48. The van der Waals surface area contributed by atoms with Gasteiger partial charge in [-0.25, -0.2) is 23.5 Å². The fourth-order valence-electron chi connectivity index (χ4n) is 3.89. The molecule has 4 aromatic rings. The number of allylic oxidation sites excluding steroid dienone is 1. The number of nitrogens with zero attached hydrogens (tertiary/aromatic N) is 2. The summed E-state index contributed by atoms with van der Waals surface area (Å²) in [5, 5.41) is 0. The van der Waals surface area contributed by atoms with Crippen molar-refractivity contribution in [3.05, 3.63) is 121 Å². The van der Waals surface area contributed by atoms with E-state index >= 15 is 0 Å². The van der Waals surface area contributed by atoms with Crippen molar-refractivity contribution >= 4 is 6.08 Å². The van der Waals surface area contributed by atoms with E-state index in [0.29, 0.717) is 22.9 Å². The van der Waals surface area contributed by atoms with Crippen LogP contribution < -0.4 is 21.8 Å². The van der Waals surface area contributed by atoms with Gasteiger partial charge in [-0.05, 0) is 60.9 Å². The van der Waals surface area contributed by atoms with E-state index in [0.717, 1.165) is 32.2 Å². The third-order valence-electron chi connectivity index (χ3n) is 5.43. The summed E-state index contributed by atoms with van der Waals surface area (Å²) in [5.74, 6) is 1.28. The van der Waals surface area contributed by atoms with E-state index in [9.17, 15) is 14.4 Å². The van der Waals surface area contributed by atoms with Crippen LogP contribution in [0.4, 0.5) is 0 Å². The largest absolute Gasteiger partial charge is 0.457 e. The van der Waals surface area contributed by atoms with Crippen LogP contribution in [0.2, 0.25) is 0 Å². The number of aromatic amines is 1. The highest BCUT2D eigenvalue weighted by atomic mass is 16.5. The van der Waals surface area contributed by atoms with Gasteiger partial charge >= 0.3 is 17.1 Å². The molecule has 0 unspecified atom stereocenters. The predicted octanol–water partition coefficient (Wildman–Crippen LogP) is 3.35. The summed E-state index contributed by atoms with van der Waals surface area (Å²) < 4.78 is 7.84. The van der Waals surface area contributed by atoms with Crippen LogP contribution in [0, 0.1) is 6.92 Å². The first-order valence-electron chi connectivity index (χ1n) is 10.1. The standard InChI is InChI=1S/C25H19N3O4/c1-16-15-18(13-14-22(16)32-19-9-3-2-4-10-19)27-23(29)26-24(30)28(25(27)31)21-12-6-8-17-7-5-11-20(17)21/h2-6,8-15H,7H2,1H3,(H,26,29,30). The number of aromatic nitrogens is 3. The molecule has 0 atom stereocenters. The van der Waals surface area contributed by atoms with Crippen LogP contribution in [-0.4, -0.2) is 14.1 Å². The Bertz CT molecular complexity index is 1540. The number of benzene rings is 3. The Morgan fingerprint density at radius 2 is 1.66 bits per heavy atom. The highest BCUT2D eigenvalue weighted by Gasteiger charge is 2.18. The molecule has 1 aliphatic carbocycles. The van der Waals surface area contributed by atoms with Crippen LogP contribution in [-0.2, 0) is 6.42 Å². The molecule has 1 aromatic heterocycles. The number of para-hydroxylation sites is 1. The van der Waals surface area contributed by atoms with Gasteiger partial charge in [-0.2, -0.15) is 0 Å². The Labute approximate surface area is 182 Å². The fraction of sp³-hybridized carbons (Fsp3) is 0.0800. The van der Waals surface area contributed by atoms with Gasteiger partial charge in [0.2, 0.25) is 0 Å². The van der Waals surface area contributed by atoms with Gasteiger partial charge < -0.3 is 4.74 Å². The molecule has 0 radical (unpaired) electrons. The van der Waals surface area contributed by atoms with E-state index in [1.807, 2.05) is 55.5 Å². The maximum Gasteiger partial charge on any atom is 0.345 e. The molecule has 3 aromatic carbocycles. The summed E-state index contributed by atoms with van der Waals surface area (Å²) in [4.78, 5) is 40.9. The third kappa shape index (κ3) is 3.30. The minimum Gasteiger partial charge on any atom is -0.457 e. The van der Waals surface area contributed by atoms with Crippen molar-refractivity contribution in [1.29, 1.82) is 0 Å². The molecule has 0 spiro atoms. The van der Waals surface area contributed by atoms with Crippen LogP contribution in [0.15, 0.2) is 87.2 Å². The van der Waals surface area contributed by atoms with Crippen molar-refractivity contribution in [2.45, 2.75) is 13.3 Å². The number of rotatable bonds is 4. The van der Waals surface area contributed by atoms with E-state index in [2.05, 4.69) is 4.98 Å². The summed E-state index contributed by atoms with van der Waals surface area (Å²) in [5.41, 5.74) is 1.03.